The van der Waals surface area contributed by atoms with Gasteiger partial charge >= 0.3 is 0 Å². The van der Waals surface area contributed by atoms with Crippen LogP contribution in [0.5, 0.6) is 0 Å². The molecule has 0 aromatic carbocycles. The lowest BCUT2D eigenvalue weighted by Gasteiger charge is -2.61. The molecule has 0 aromatic heterocycles. The first-order valence-corrected chi connectivity index (χ1v) is 7.26. The Kier molecular flexibility index (Phi) is 3.14. The topological polar surface area (TPSA) is 20.2 Å². The number of fused-ring (bicyclic) bond motifs is 1. The van der Waals surface area contributed by atoms with Crippen LogP contribution in [-0.4, -0.2) is 10.7 Å². The molecule has 2 fully saturated rings. The van der Waals surface area contributed by atoms with Gasteiger partial charge in [-0.3, -0.25) is 0 Å². The van der Waals surface area contributed by atoms with Crippen molar-refractivity contribution < 1.29 is 5.11 Å². The van der Waals surface area contributed by atoms with Crippen LogP contribution in [0.3, 0.4) is 0 Å². The molecule has 0 saturated heterocycles. The summed E-state index contributed by atoms with van der Waals surface area (Å²) in [5.74, 6) is 1.13. The van der Waals surface area contributed by atoms with Crippen molar-refractivity contribution in [3.8, 4) is 0 Å². The Morgan fingerprint density at radius 2 is 1.76 bits per heavy atom. The fraction of sp³-hybridized carbons (Fsp3) is 0.938. The van der Waals surface area contributed by atoms with Crippen LogP contribution in [0.1, 0.15) is 66.2 Å². The Labute approximate surface area is 107 Å². The van der Waals surface area contributed by atoms with Crippen molar-refractivity contribution in [3.63, 3.8) is 0 Å². The molecule has 1 radical (unpaired) electrons. The van der Waals surface area contributed by atoms with Crippen LogP contribution < -0.4 is 0 Å². The lowest BCUT2D eigenvalue weighted by Crippen LogP contribution is -2.57. The van der Waals surface area contributed by atoms with Crippen LogP contribution in [0.25, 0.3) is 0 Å². The summed E-state index contributed by atoms with van der Waals surface area (Å²) in [6.45, 7) is 13.4. The first kappa shape index (κ1) is 13.4. The molecule has 2 aliphatic rings. The molecule has 0 heterocycles. The second kappa shape index (κ2) is 3.98. The van der Waals surface area contributed by atoms with Gasteiger partial charge < -0.3 is 5.11 Å². The summed E-state index contributed by atoms with van der Waals surface area (Å²) < 4.78 is 0. The van der Waals surface area contributed by atoms with E-state index in [-0.39, 0.29) is 0 Å². The highest BCUT2D eigenvalue weighted by Gasteiger charge is 2.57. The second-order valence-corrected chi connectivity index (χ2v) is 7.64. The average Bonchev–Trinajstić information content (AvgIpc) is 2.14. The van der Waals surface area contributed by atoms with Gasteiger partial charge in [0.25, 0.3) is 0 Å². The molecule has 0 aromatic rings. The largest absolute Gasteiger partial charge is 0.390 e. The van der Waals surface area contributed by atoms with Crippen LogP contribution in [0.15, 0.2) is 0 Å². The molecule has 1 heteroatoms. The monoisotopic (exact) mass is 237 g/mol. The molecule has 4 atom stereocenters. The van der Waals surface area contributed by atoms with Gasteiger partial charge in [0.15, 0.2) is 0 Å². The third-order valence-electron chi connectivity index (χ3n) is 6.05. The molecule has 0 bridgehead atoms. The lowest BCUT2D eigenvalue weighted by atomic mass is 9.45. The van der Waals surface area contributed by atoms with Crippen molar-refractivity contribution in [1.29, 1.82) is 0 Å². The molecule has 2 aliphatic carbocycles. The van der Waals surface area contributed by atoms with Gasteiger partial charge in [-0.15, -0.1) is 0 Å². The molecule has 1 N–H and O–H groups in total. The van der Waals surface area contributed by atoms with E-state index in [1.54, 1.807) is 0 Å². The zero-order valence-electron chi connectivity index (χ0n) is 12.1. The second-order valence-electron chi connectivity index (χ2n) is 7.64. The molecule has 0 spiro atoms. The Balaban J connectivity index is 2.37. The SMILES string of the molecule is [CH2]C[C@@H]1[C@@]2(C)CCCC(C)(C)[C@@H]2CC[C@@]1(C)O. The van der Waals surface area contributed by atoms with Gasteiger partial charge in [-0.1, -0.05) is 34.1 Å². The molecule has 99 valence electrons. The highest BCUT2D eigenvalue weighted by atomic mass is 16.3. The minimum absolute atomic E-state index is 0.297. The summed E-state index contributed by atoms with van der Waals surface area (Å²) in [6.07, 6.45) is 6.95. The fourth-order valence-electron chi connectivity index (χ4n) is 5.27. The van der Waals surface area contributed by atoms with E-state index in [4.69, 9.17) is 0 Å². The zero-order valence-corrected chi connectivity index (χ0v) is 12.1. The Hall–Kier alpha value is -0.0400. The summed E-state index contributed by atoms with van der Waals surface area (Å²) in [4.78, 5) is 0. The highest BCUT2D eigenvalue weighted by molar-refractivity contribution is 5.07. The van der Waals surface area contributed by atoms with Gasteiger partial charge in [0.05, 0.1) is 5.60 Å². The van der Waals surface area contributed by atoms with Crippen LogP contribution in [0.2, 0.25) is 0 Å². The first-order valence-electron chi connectivity index (χ1n) is 7.26. The van der Waals surface area contributed by atoms with E-state index in [1.807, 2.05) is 6.92 Å². The van der Waals surface area contributed by atoms with Crippen molar-refractivity contribution in [3.05, 3.63) is 6.92 Å². The standard InChI is InChI=1S/C16H29O/c1-6-12-15(4)10-7-9-14(2,3)13(15)8-11-16(12,5)17/h12-13,17H,1,6-11H2,2-5H3/t12-,13+,15-,16-/m1/s1. The smallest absolute Gasteiger partial charge is 0.0653 e. The molecule has 0 amide bonds. The lowest BCUT2D eigenvalue weighted by molar-refractivity contribution is -0.165. The number of rotatable bonds is 1. The van der Waals surface area contributed by atoms with Crippen molar-refractivity contribution in [2.24, 2.45) is 22.7 Å². The predicted octanol–water partition coefficient (Wildman–Crippen LogP) is 4.20. The molecular formula is C16H29O. The summed E-state index contributed by atoms with van der Waals surface area (Å²) in [5.41, 5.74) is 0.239. The average molecular weight is 237 g/mol. The number of hydrogen-bond acceptors (Lipinski definition) is 1. The van der Waals surface area contributed by atoms with E-state index in [0.717, 1.165) is 18.8 Å². The van der Waals surface area contributed by atoms with Gasteiger partial charge in [0.1, 0.15) is 0 Å². The van der Waals surface area contributed by atoms with Crippen molar-refractivity contribution in [1.82, 2.24) is 0 Å². The van der Waals surface area contributed by atoms with Gasteiger partial charge in [-0.05, 0) is 61.7 Å². The van der Waals surface area contributed by atoms with E-state index in [2.05, 4.69) is 27.7 Å². The van der Waals surface area contributed by atoms with Crippen molar-refractivity contribution in [2.75, 3.05) is 0 Å². The Bertz CT molecular complexity index is 280. The summed E-state index contributed by atoms with van der Waals surface area (Å²) in [7, 11) is 0. The summed E-state index contributed by atoms with van der Waals surface area (Å²) in [6, 6.07) is 0. The Morgan fingerprint density at radius 1 is 1.12 bits per heavy atom. The molecule has 0 unspecified atom stereocenters. The molecule has 0 aliphatic heterocycles. The first-order chi connectivity index (χ1) is 7.74. The van der Waals surface area contributed by atoms with Gasteiger partial charge in [0, 0.05) is 0 Å². The molecule has 17 heavy (non-hydrogen) atoms. The van der Waals surface area contributed by atoms with E-state index in [0.29, 0.717) is 16.7 Å². The molecule has 2 saturated carbocycles. The molecular weight excluding hydrogens is 208 g/mol. The van der Waals surface area contributed by atoms with Gasteiger partial charge in [-0.2, -0.15) is 0 Å². The third-order valence-corrected chi connectivity index (χ3v) is 6.05. The number of aliphatic hydroxyl groups is 1. The van der Waals surface area contributed by atoms with E-state index in [1.165, 1.54) is 25.7 Å². The quantitative estimate of drug-likeness (QED) is 0.724. The minimum Gasteiger partial charge on any atom is -0.390 e. The predicted molar refractivity (Wildman–Crippen MR) is 72.6 cm³/mol. The minimum atomic E-state index is -0.500. The third kappa shape index (κ3) is 1.95. The number of hydrogen-bond donors (Lipinski definition) is 1. The van der Waals surface area contributed by atoms with Gasteiger partial charge in [-0.25, -0.2) is 0 Å². The van der Waals surface area contributed by atoms with Gasteiger partial charge in [0.2, 0.25) is 0 Å². The van der Waals surface area contributed by atoms with E-state index < -0.39 is 5.60 Å². The van der Waals surface area contributed by atoms with Crippen molar-refractivity contribution >= 4 is 0 Å². The molecule has 1 nitrogen and oxygen atoms in total. The fourth-order valence-corrected chi connectivity index (χ4v) is 5.27. The van der Waals surface area contributed by atoms with Crippen LogP contribution in [-0.2, 0) is 0 Å². The molecule has 2 rings (SSSR count). The van der Waals surface area contributed by atoms with Crippen LogP contribution in [0.4, 0.5) is 0 Å². The van der Waals surface area contributed by atoms with E-state index >= 15 is 0 Å². The summed E-state index contributed by atoms with van der Waals surface area (Å²) >= 11 is 0. The van der Waals surface area contributed by atoms with Crippen LogP contribution in [0, 0.1) is 29.6 Å². The van der Waals surface area contributed by atoms with E-state index in [9.17, 15) is 5.11 Å². The highest BCUT2D eigenvalue weighted by Crippen LogP contribution is 2.62. The maximum absolute atomic E-state index is 10.7. The maximum atomic E-state index is 10.7. The van der Waals surface area contributed by atoms with Crippen LogP contribution >= 0.6 is 0 Å². The summed E-state index contributed by atoms with van der Waals surface area (Å²) in [5, 5.41) is 10.7. The normalized spacial score (nSPS) is 49.8. The maximum Gasteiger partial charge on any atom is 0.0653 e. The van der Waals surface area contributed by atoms with Crippen molar-refractivity contribution in [2.45, 2.75) is 71.8 Å². The zero-order chi connectivity index (χ0) is 12.9. The Morgan fingerprint density at radius 3 is 2.35 bits per heavy atom.